The SMILES string of the molecule is O=C(O)C(O)C(O)C(F)C(O)CO. The monoisotopic (exact) mass is 198 g/mol. The number of alkyl halides is 1. The number of aliphatic hydroxyl groups excluding tert-OH is 4. The van der Waals surface area contributed by atoms with Crippen LogP contribution in [0.1, 0.15) is 0 Å². The molecular weight excluding hydrogens is 187 g/mol. The first-order chi connectivity index (χ1) is 5.91. The fourth-order valence-corrected chi connectivity index (χ4v) is 0.649. The summed E-state index contributed by atoms with van der Waals surface area (Å²) in [5.74, 6) is -1.81. The molecular formula is C6H11FO6. The van der Waals surface area contributed by atoms with E-state index in [1.54, 1.807) is 0 Å². The molecule has 0 aromatic carbocycles. The molecule has 0 aliphatic rings. The van der Waals surface area contributed by atoms with Gasteiger partial charge in [-0.3, -0.25) is 0 Å². The predicted molar refractivity (Wildman–Crippen MR) is 37.6 cm³/mol. The Balaban J connectivity index is 4.24. The summed E-state index contributed by atoms with van der Waals surface area (Å²) in [4.78, 5) is 10.0. The highest BCUT2D eigenvalue weighted by atomic mass is 19.1. The van der Waals surface area contributed by atoms with Gasteiger partial charge in [-0.05, 0) is 0 Å². The van der Waals surface area contributed by atoms with E-state index >= 15 is 0 Å². The minimum Gasteiger partial charge on any atom is -0.479 e. The van der Waals surface area contributed by atoms with Crippen molar-refractivity contribution in [3.8, 4) is 0 Å². The highest BCUT2D eigenvalue weighted by Crippen LogP contribution is 2.09. The van der Waals surface area contributed by atoms with Gasteiger partial charge in [-0.25, -0.2) is 9.18 Å². The van der Waals surface area contributed by atoms with Gasteiger partial charge in [0.2, 0.25) is 0 Å². The second-order valence-electron chi connectivity index (χ2n) is 2.47. The van der Waals surface area contributed by atoms with Crippen LogP contribution >= 0.6 is 0 Å². The smallest absolute Gasteiger partial charge is 0.335 e. The van der Waals surface area contributed by atoms with Crippen LogP contribution in [0.2, 0.25) is 0 Å². The number of aliphatic hydroxyl groups is 4. The number of hydrogen-bond donors (Lipinski definition) is 5. The van der Waals surface area contributed by atoms with Crippen molar-refractivity contribution >= 4 is 5.97 Å². The summed E-state index contributed by atoms with van der Waals surface area (Å²) in [6.45, 7) is -0.968. The molecule has 0 bridgehead atoms. The van der Waals surface area contributed by atoms with E-state index in [4.69, 9.17) is 25.5 Å². The fraction of sp³-hybridized carbons (Fsp3) is 0.833. The van der Waals surface area contributed by atoms with Gasteiger partial charge < -0.3 is 25.5 Å². The molecule has 0 saturated carbocycles. The summed E-state index contributed by atoms with van der Waals surface area (Å²) < 4.78 is 12.7. The number of aliphatic carboxylic acids is 1. The van der Waals surface area contributed by atoms with E-state index in [9.17, 15) is 9.18 Å². The van der Waals surface area contributed by atoms with Gasteiger partial charge in [-0.1, -0.05) is 0 Å². The van der Waals surface area contributed by atoms with Gasteiger partial charge in [0.25, 0.3) is 0 Å². The number of carboxylic acid groups (broad SMARTS) is 1. The zero-order chi connectivity index (χ0) is 10.6. The van der Waals surface area contributed by atoms with Gasteiger partial charge in [0.05, 0.1) is 6.61 Å². The van der Waals surface area contributed by atoms with Crippen LogP contribution in [0.15, 0.2) is 0 Å². The average Bonchev–Trinajstić information content (AvgIpc) is 2.12. The number of rotatable bonds is 5. The molecule has 0 aromatic heterocycles. The lowest BCUT2D eigenvalue weighted by Crippen LogP contribution is -2.46. The summed E-state index contributed by atoms with van der Waals surface area (Å²) in [7, 11) is 0. The van der Waals surface area contributed by atoms with Gasteiger partial charge in [-0.2, -0.15) is 0 Å². The largest absolute Gasteiger partial charge is 0.479 e. The maximum absolute atomic E-state index is 12.7. The van der Waals surface area contributed by atoms with E-state index in [2.05, 4.69) is 0 Å². The predicted octanol–water partition coefficient (Wildman–Crippen LogP) is -2.52. The lowest BCUT2D eigenvalue weighted by Gasteiger charge is -2.21. The molecule has 0 saturated heterocycles. The Hall–Kier alpha value is -0.760. The van der Waals surface area contributed by atoms with E-state index in [1.165, 1.54) is 0 Å². The molecule has 13 heavy (non-hydrogen) atoms. The molecule has 5 N–H and O–H groups in total. The molecule has 7 heteroatoms. The summed E-state index contributed by atoms with van der Waals surface area (Å²) in [6, 6.07) is 0. The molecule has 0 amide bonds. The minimum atomic E-state index is -2.41. The number of halogens is 1. The van der Waals surface area contributed by atoms with Crippen LogP contribution in [0, 0.1) is 0 Å². The van der Waals surface area contributed by atoms with Gasteiger partial charge in [0, 0.05) is 0 Å². The van der Waals surface area contributed by atoms with E-state index in [1.807, 2.05) is 0 Å². The molecule has 0 fully saturated rings. The zero-order valence-corrected chi connectivity index (χ0v) is 6.54. The van der Waals surface area contributed by atoms with Crippen LogP contribution < -0.4 is 0 Å². The Kier molecular flexibility index (Phi) is 4.78. The molecule has 0 rings (SSSR count). The van der Waals surface area contributed by atoms with Crippen molar-refractivity contribution in [3.63, 3.8) is 0 Å². The van der Waals surface area contributed by atoms with E-state index in [0.29, 0.717) is 0 Å². The maximum Gasteiger partial charge on any atom is 0.335 e. The van der Waals surface area contributed by atoms with Crippen LogP contribution in [0.3, 0.4) is 0 Å². The Morgan fingerprint density at radius 3 is 2.08 bits per heavy atom. The number of hydrogen-bond acceptors (Lipinski definition) is 5. The standard InChI is InChI=1S/C6H11FO6/c7-3(2(9)1-8)4(10)5(11)6(12)13/h2-5,8-11H,1H2,(H,12,13). The third kappa shape index (κ3) is 3.23. The average molecular weight is 198 g/mol. The van der Waals surface area contributed by atoms with Crippen LogP contribution in [-0.2, 0) is 4.79 Å². The zero-order valence-electron chi connectivity index (χ0n) is 6.54. The summed E-state index contributed by atoms with van der Waals surface area (Å²) >= 11 is 0. The molecule has 0 radical (unpaired) electrons. The van der Waals surface area contributed by atoms with Crippen LogP contribution in [0.25, 0.3) is 0 Å². The van der Waals surface area contributed by atoms with Crippen molar-refractivity contribution in [1.29, 1.82) is 0 Å². The number of carboxylic acids is 1. The second-order valence-corrected chi connectivity index (χ2v) is 2.47. The van der Waals surface area contributed by atoms with Crippen molar-refractivity contribution in [2.24, 2.45) is 0 Å². The Morgan fingerprint density at radius 2 is 1.77 bits per heavy atom. The molecule has 0 aliphatic carbocycles. The van der Waals surface area contributed by atoms with Crippen LogP contribution in [-0.4, -0.2) is 62.6 Å². The molecule has 0 spiro atoms. The lowest BCUT2D eigenvalue weighted by molar-refractivity contribution is -0.159. The fourth-order valence-electron chi connectivity index (χ4n) is 0.649. The van der Waals surface area contributed by atoms with Crippen LogP contribution in [0.5, 0.6) is 0 Å². The highest BCUT2D eigenvalue weighted by Gasteiger charge is 2.35. The second kappa shape index (κ2) is 5.07. The summed E-state index contributed by atoms with van der Waals surface area (Å²) in [5.41, 5.74) is 0. The third-order valence-corrected chi connectivity index (χ3v) is 1.46. The minimum absolute atomic E-state index is 0.968. The number of carbonyl (C=O) groups is 1. The van der Waals surface area contributed by atoms with Gasteiger partial charge >= 0.3 is 5.97 Å². The third-order valence-electron chi connectivity index (χ3n) is 1.46. The van der Waals surface area contributed by atoms with E-state index in [0.717, 1.165) is 0 Å². The van der Waals surface area contributed by atoms with Gasteiger partial charge in [0.15, 0.2) is 12.3 Å². The van der Waals surface area contributed by atoms with E-state index in [-0.39, 0.29) is 0 Å². The van der Waals surface area contributed by atoms with Crippen molar-refractivity contribution < 1.29 is 34.7 Å². The topological polar surface area (TPSA) is 118 Å². The maximum atomic E-state index is 12.7. The van der Waals surface area contributed by atoms with Crippen molar-refractivity contribution in [3.05, 3.63) is 0 Å². The van der Waals surface area contributed by atoms with Crippen molar-refractivity contribution in [2.75, 3.05) is 6.61 Å². The quantitative estimate of drug-likeness (QED) is 0.333. The van der Waals surface area contributed by atoms with Crippen molar-refractivity contribution in [1.82, 2.24) is 0 Å². The summed E-state index contributed by atoms with van der Waals surface area (Å²) in [5, 5.41) is 42.4. The molecule has 78 valence electrons. The first-order valence-corrected chi connectivity index (χ1v) is 3.43. The molecule has 4 atom stereocenters. The Labute approximate surface area is 72.9 Å². The molecule has 4 unspecified atom stereocenters. The molecule has 0 heterocycles. The van der Waals surface area contributed by atoms with Gasteiger partial charge in [0.1, 0.15) is 12.2 Å². The van der Waals surface area contributed by atoms with E-state index < -0.39 is 37.1 Å². The molecule has 0 aromatic rings. The Morgan fingerprint density at radius 1 is 1.31 bits per heavy atom. The molecule has 6 nitrogen and oxygen atoms in total. The highest BCUT2D eigenvalue weighted by molar-refractivity contribution is 5.72. The normalized spacial score (nSPS) is 20.4. The first kappa shape index (κ1) is 12.2. The lowest BCUT2D eigenvalue weighted by atomic mass is 10.1. The summed E-state index contributed by atoms with van der Waals surface area (Å²) in [6.07, 6.45) is -8.91. The Bertz CT molecular complexity index is 175. The van der Waals surface area contributed by atoms with Crippen LogP contribution in [0.4, 0.5) is 4.39 Å². The first-order valence-electron chi connectivity index (χ1n) is 3.43. The molecule has 0 aliphatic heterocycles. The van der Waals surface area contributed by atoms with Gasteiger partial charge in [-0.15, -0.1) is 0 Å². The van der Waals surface area contributed by atoms with Crippen molar-refractivity contribution in [2.45, 2.75) is 24.5 Å².